The largest absolute Gasteiger partial charge is 0.418 e. The van der Waals surface area contributed by atoms with Gasteiger partial charge in [-0.3, -0.25) is 4.98 Å². The average molecular weight is 502 g/mol. The lowest BCUT2D eigenvalue weighted by Gasteiger charge is -2.28. The summed E-state index contributed by atoms with van der Waals surface area (Å²) < 4.78 is 43.2. The fourth-order valence-electron chi connectivity index (χ4n) is 4.91. The van der Waals surface area contributed by atoms with E-state index >= 15 is 0 Å². The van der Waals surface area contributed by atoms with Gasteiger partial charge in [0.2, 0.25) is 0 Å². The van der Waals surface area contributed by atoms with E-state index in [9.17, 15) is 13.2 Å². The van der Waals surface area contributed by atoms with E-state index in [0.29, 0.717) is 5.11 Å². The lowest BCUT2D eigenvalue weighted by atomic mass is 9.96. The summed E-state index contributed by atoms with van der Waals surface area (Å²) in [6, 6.07) is 13.0. The zero-order valence-corrected chi connectivity index (χ0v) is 21.1. The highest BCUT2D eigenvalue weighted by molar-refractivity contribution is 7.80. The van der Waals surface area contributed by atoms with Crippen molar-refractivity contribution in [3.63, 3.8) is 0 Å². The zero-order chi connectivity index (χ0) is 25.3. The molecule has 0 saturated carbocycles. The number of aryl methyl sites for hydroxylation is 1. The summed E-state index contributed by atoms with van der Waals surface area (Å²) in [6.45, 7) is 5.35. The van der Waals surface area contributed by atoms with Crippen LogP contribution in [0.25, 0.3) is 5.69 Å². The number of alkyl halides is 3. The second-order valence-electron chi connectivity index (χ2n) is 9.15. The van der Waals surface area contributed by atoms with Crippen molar-refractivity contribution in [2.75, 3.05) is 27.2 Å². The van der Waals surface area contributed by atoms with Gasteiger partial charge < -0.3 is 19.7 Å². The minimum atomic E-state index is -4.45. The van der Waals surface area contributed by atoms with Gasteiger partial charge in [-0.2, -0.15) is 13.2 Å². The lowest BCUT2D eigenvalue weighted by Crippen LogP contribution is -2.32. The van der Waals surface area contributed by atoms with Gasteiger partial charge >= 0.3 is 6.18 Å². The molecule has 35 heavy (non-hydrogen) atoms. The van der Waals surface area contributed by atoms with E-state index in [-0.39, 0.29) is 17.8 Å². The average Bonchev–Trinajstić information content (AvgIpc) is 3.28. The van der Waals surface area contributed by atoms with Crippen molar-refractivity contribution in [2.24, 2.45) is 0 Å². The third kappa shape index (κ3) is 5.06. The number of hydrogen-bond donors (Lipinski definition) is 1. The van der Waals surface area contributed by atoms with Gasteiger partial charge in [-0.1, -0.05) is 18.2 Å². The van der Waals surface area contributed by atoms with Crippen LogP contribution in [0.4, 0.5) is 13.2 Å². The van der Waals surface area contributed by atoms with Crippen LogP contribution in [0, 0.1) is 13.8 Å². The third-order valence-electron chi connectivity index (χ3n) is 6.44. The first-order chi connectivity index (χ1) is 16.6. The molecule has 0 radical (unpaired) electrons. The normalized spacial score (nSPS) is 18.4. The molecule has 3 aromatic rings. The van der Waals surface area contributed by atoms with E-state index in [2.05, 4.69) is 20.1 Å². The van der Waals surface area contributed by atoms with Gasteiger partial charge in [0.1, 0.15) is 0 Å². The van der Waals surface area contributed by atoms with E-state index in [1.807, 2.05) is 52.2 Å². The molecule has 0 unspecified atom stereocenters. The molecule has 1 fully saturated rings. The summed E-state index contributed by atoms with van der Waals surface area (Å²) in [5.41, 5.74) is 2.75. The van der Waals surface area contributed by atoms with Crippen LogP contribution in [-0.2, 0) is 6.18 Å². The second-order valence-corrected chi connectivity index (χ2v) is 9.54. The first-order valence-electron chi connectivity index (χ1n) is 11.6. The Morgan fingerprint density at radius 2 is 1.80 bits per heavy atom. The Morgan fingerprint density at radius 1 is 1.09 bits per heavy atom. The topological polar surface area (TPSA) is 36.3 Å². The highest BCUT2D eigenvalue weighted by Gasteiger charge is 2.41. The zero-order valence-electron chi connectivity index (χ0n) is 20.3. The molecule has 2 aromatic heterocycles. The molecule has 5 nitrogen and oxygen atoms in total. The van der Waals surface area contributed by atoms with E-state index in [0.717, 1.165) is 48.2 Å². The summed E-state index contributed by atoms with van der Waals surface area (Å²) in [4.78, 5) is 8.84. The summed E-state index contributed by atoms with van der Waals surface area (Å²) in [5, 5.41) is 4.06. The Hall–Kier alpha value is -2.91. The number of pyridine rings is 1. The number of halogens is 3. The van der Waals surface area contributed by atoms with Gasteiger partial charge in [0.15, 0.2) is 5.11 Å². The van der Waals surface area contributed by atoms with Crippen LogP contribution in [0.2, 0.25) is 0 Å². The van der Waals surface area contributed by atoms with E-state index in [4.69, 9.17) is 12.2 Å². The highest BCUT2D eigenvalue weighted by atomic mass is 32.1. The van der Waals surface area contributed by atoms with Crippen molar-refractivity contribution < 1.29 is 13.2 Å². The molecule has 2 atom stereocenters. The standard InChI is InChI=1S/C26H30F3N5S/c1-17-16-19(18(2)34(17)22-12-6-5-10-20(22)26(27,28)29)24-23(21-11-7-8-13-30-21)31-25(35)33(24)15-9-14-32(3)4/h5-8,10-13,16,23-24H,9,14-15H2,1-4H3,(H,31,35)/t23-,24+/m0/s1. The SMILES string of the molecule is Cc1cc([C@@H]2[C@H](c3ccccn3)NC(=S)N2CCCN(C)C)c(C)n1-c1ccccc1C(F)(F)F. The van der Waals surface area contributed by atoms with Gasteiger partial charge in [0.25, 0.3) is 0 Å². The molecule has 1 saturated heterocycles. The molecule has 0 bridgehead atoms. The molecular formula is C26H30F3N5S. The first-order valence-corrected chi connectivity index (χ1v) is 12.0. The predicted octanol–water partition coefficient (Wildman–Crippen LogP) is 5.43. The molecule has 3 heterocycles. The maximum atomic E-state index is 13.8. The van der Waals surface area contributed by atoms with Crippen LogP contribution in [0.5, 0.6) is 0 Å². The van der Waals surface area contributed by atoms with Gasteiger partial charge in [-0.25, -0.2) is 0 Å². The molecular weight excluding hydrogens is 471 g/mol. The van der Waals surface area contributed by atoms with Crippen molar-refractivity contribution in [1.29, 1.82) is 0 Å². The van der Waals surface area contributed by atoms with Crippen molar-refractivity contribution in [3.8, 4) is 5.69 Å². The molecule has 4 rings (SSSR count). The first kappa shape index (κ1) is 25.2. The van der Waals surface area contributed by atoms with Crippen molar-refractivity contribution >= 4 is 17.3 Å². The highest BCUT2D eigenvalue weighted by Crippen LogP contribution is 2.42. The molecule has 1 aromatic carbocycles. The van der Waals surface area contributed by atoms with Crippen LogP contribution >= 0.6 is 12.2 Å². The van der Waals surface area contributed by atoms with E-state index in [1.165, 1.54) is 12.1 Å². The van der Waals surface area contributed by atoms with Crippen LogP contribution < -0.4 is 5.32 Å². The maximum Gasteiger partial charge on any atom is 0.418 e. The Balaban J connectivity index is 1.82. The number of aromatic nitrogens is 2. The van der Waals surface area contributed by atoms with Gasteiger partial charge in [-0.05, 0) is 89.0 Å². The number of thiocarbonyl (C=S) groups is 1. The summed E-state index contributed by atoms with van der Waals surface area (Å²) >= 11 is 5.74. The van der Waals surface area contributed by atoms with Crippen LogP contribution in [0.15, 0.2) is 54.7 Å². The monoisotopic (exact) mass is 501 g/mol. The molecule has 1 aliphatic heterocycles. The number of para-hydroxylation sites is 1. The fraction of sp³-hybridized carbons (Fsp3) is 0.385. The molecule has 186 valence electrons. The van der Waals surface area contributed by atoms with Crippen LogP contribution in [-0.4, -0.2) is 51.6 Å². The molecule has 1 N–H and O–H groups in total. The number of nitrogens with zero attached hydrogens (tertiary/aromatic N) is 4. The smallest absolute Gasteiger partial charge is 0.352 e. The Bertz CT molecular complexity index is 1190. The second kappa shape index (κ2) is 9.99. The summed E-state index contributed by atoms with van der Waals surface area (Å²) in [6.07, 6.45) is -1.81. The fourth-order valence-corrected chi connectivity index (χ4v) is 5.24. The minimum Gasteiger partial charge on any atom is -0.352 e. The molecule has 0 aliphatic carbocycles. The summed E-state index contributed by atoms with van der Waals surface area (Å²) in [5.74, 6) is 0. The van der Waals surface area contributed by atoms with Crippen LogP contribution in [0.3, 0.4) is 0 Å². The number of rotatable bonds is 7. The Kier molecular flexibility index (Phi) is 7.19. The van der Waals surface area contributed by atoms with Crippen LogP contribution in [0.1, 0.15) is 46.7 Å². The third-order valence-corrected chi connectivity index (χ3v) is 6.79. The van der Waals surface area contributed by atoms with Crippen molar-refractivity contribution in [2.45, 2.75) is 38.5 Å². The van der Waals surface area contributed by atoms with Crippen molar-refractivity contribution in [1.82, 2.24) is 24.7 Å². The lowest BCUT2D eigenvalue weighted by molar-refractivity contribution is -0.137. The molecule has 1 aliphatic rings. The summed E-state index contributed by atoms with van der Waals surface area (Å²) in [7, 11) is 4.06. The maximum absolute atomic E-state index is 13.8. The van der Waals surface area contributed by atoms with E-state index < -0.39 is 11.7 Å². The van der Waals surface area contributed by atoms with Gasteiger partial charge in [-0.15, -0.1) is 0 Å². The number of nitrogens with one attached hydrogen (secondary N) is 1. The van der Waals surface area contributed by atoms with Gasteiger partial charge in [0, 0.05) is 24.1 Å². The minimum absolute atomic E-state index is 0.128. The quantitative estimate of drug-likeness (QED) is 0.437. The number of hydrogen-bond acceptors (Lipinski definition) is 3. The molecule has 0 amide bonds. The Morgan fingerprint density at radius 3 is 2.46 bits per heavy atom. The van der Waals surface area contributed by atoms with E-state index in [1.54, 1.807) is 16.8 Å². The van der Waals surface area contributed by atoms with Gasteiger partial charge in [0.05, 0.1) is 29.0 Å². The number of benzene rings is 1. The Labute approximate surface area is 209 Å². The van der Waals surface area contributed by atoms with Crippen molar-refractivity contribution in [3.05, 3.63) is 82.9 Å². The molecule has 9 heteroatoms. The molecule has 0 spiro atoms. The predicted molar refractivity (Wildman–Crippen MR) is 136 cm³/mol.